The number of carbonyl (C=O) groups excluding carboxylic acids is 1. The highest BCUT2D eigenvalue weighted by atomic mass is 16.5. The zero-order valence-electron chi connectivity index (χ0n) is 11.9. The Morgan fingerprint density at radius 1 is 1.09 bits per heavy atom. The Bertz CT molecular complexity index is 829. The van der Waals surface area contributed by atoms with Crippen LogP contribution in [-0.4, -0.2) is 23.1 Å². The van der Waals surface area contributed by atoms with Crippen LogP contribution in [-0.2, 0) is 0 Å². The number of fused-ring (bicyclic) bond motifs is 1. The molecule has 3 rings (SSSR count). The molecule has 0 atom stereocenters. The van der Waals surface area contributed by atoms with Gasteiger partial charge in [-0.2, -0.15) is 0 Å². The highest BCUT2D eigenvalue weighted by Gasteiger charge is 2.13. The van der Waals surface area contributed by atoms with Gasteiger partial charge in [-0.05, 0) is 42.5 Å². The molecule has 0 spiro atoms. The number of carbonyl (C=O) groups is 1. The van der Waals surface area contributed by atoms with Crippen LogP contribution < -0.4 is 10.1 Å². The molecule has 0 aliphatic heterocycles. The lowest BCUT2D eigenvalue weighted by Gasteiger charge is -2.09. The van der Waals surface area contributed by atoms with E-state index >= 15 is 0 Å². The molecule has 0 bridgehead atoms. The summed E-state index contributed by atoms with van der Waals surface area (Å²) < 4.78 is 5.39. The molecule has 5 heteroatoms. The summed E-state index contributed by atoms with van der Waals surface area (Å²) in [6, 6.07) is 13.4. The number of hydrogen-bond acceptors (Lipinski definition) is 5. The van der Waals surface area contributed by atoms with E-state index < -0.39 is 5.97 Å². The third kappa shape index (κ3) is 2.56. The molecular weight excluding hydrogens is 280 g/mol. The van der Waals surface area contributed by atoms with Crippen molar-refractivity contribution in [3.8, 4) is 11.6 Å². The molecule has 0 unspecified atom stereocenters. The molecule has 5 nitrogen and oxygen atoms in total. The minimum atomic E-state index is -0.519. The van der Waals surface area contributed by atoms with E-state index in [4.69, 9.17) is 4.74 Å². The van der Waals surface area contributed by atoms with E-state index in [1.54, 1.807) is 6.20 Å². The van der Waals surface area contributed by atoms with Crippen LogP contribution in [0.5, 0.6) is 11.6 Å². The summed E-state index contributed by atoms with van der Waals surface area (Å²) in [5.41, 5.74) is 1.28. The van der Waals surface area contributed by atoms with Crippen LogP contribution in [0, 0.1) is 0 Å². The SMILES string of the molecule is CNc1cccc2c(OC(=O)c3ccc(O)cc3)nccc12. The number of aromatic hydroxyl groups is 1. The van der Waals surface area contributed by atoms with Crippen LogP contribution in [0.15, 0.2) is 54.7 Å². The number of ether oxygens (including phenoxy) is 1. The molecule has 1 heterocycles. The van der Waals surface area contributed by atoms with Crippen LogP contribution in [0.4, 0.5) is 5.69 Å². The Morgan fingerprint density at radius 2 is 1.86 bits per heavy atom. The predicted molar refractivity (Wildman–Crippen MR) is 84.4 cm³/mol. The van der Waals surface area contributed by atoms with Crippen LogP contribution in [0.3, 0.4) is 0 Å². The average Bonchev–Trinajstić information content (AvgIpc) is 2.55. The van der Waals surface area contributed by atoms with E-state index in [0.29, 0.717) is 5.56 Å². The number of nitrogens with zero attached hydrogens (tertiary/aromatic N) is 1. The van der Waals surface area contributed by atoms with E-state index in [1.807, 2.05) is 31.3 Å². The topological polar surface area (TPSA) is 71.5 Å². The summed E-state index contributed by atoms with van der Waals surface area (Å²) in [7, 11) is 1.83. The standard InChI is InChI=1S/C17H14N2O3/c1-18-15-4-2-3-14-13(15)9-10-19-16(14)22-17(21)11-5-7-12(20)8-6-11/h2-10,18,20H,1H3. The molecule has 2 aromatic carbocycles. The zero-order valence-corrected chi connectivity index (χ0v) is 11.9. The smallest absolute Gasteiger partial charge is 0.344 e. The molecule has 0 aliphatic carbocycles. The van der Waals surface area contributed by atoms with Crippen LogP contribution >= 0.6 is 0 Å². The molecular formula is C17H14N2O3. The fourth-order valence-electron chi connectivity index (χ4n) is 2.22. The van der Waals surface area contributed by atoms with E-state index in [2.05, 4.69) is 10.3 Å². The maximum absolute atomic E-state index is 12.2. The van der Waals surface area contributed by atoms with Crippen molar-refractivity contribution in [3.05, 3.63) is 60.3 Å². The number of nitrogens with one attached hydrogen (secondary N) is 1. The van der Waals surface area contributed by atoms with Gasteiger partial charge in [0.15, 0.2) is 0 Å². The first kappa shape index (κ1) is 13.9. The molecule has 0 fully saturated rings. The van der Waals surface area contributed by atoms with Gasteiger partial charge in [-0.25, -0.2) is 9.78 Å². The first-order valence-electron chi connectivity index (χ1n) is 6.76. The second-order valence-corrected chi connectivity index (χ2v) is 4.70. The molecule has 3 aromatic rings. The van der Waals surface area contributed by atoms with Gasteiger partial charge in [0.05, 0.1) is 5.56 Å². The van der Waals surface area contributed by atoms with E-state index in [1.165, 1.54) is 24.3 Å². The van der Waals surface area contributed by atoms with Gasteiger partial charge in [-0.15, -0.1) is 0 Å². The lowest BCUT2D eigenvalue weighted by atomic mass is 10.1. The summed E-state index contributed by atoms with van der Waals surface area (Å²) in [6.07, 6.45) is 1.60. The van der Waals surface area contributed by atoms with Crippen molar-refractivity contribution in [2.24, 2.45) is 0 Å². The third-order valence-corrected chi connectivity index (χ3v) is 3.33. The molecule has 2 N–H and O–H groups in total. The molecule has 22 heavy (non-hydrogen) atoms. The van der Waals surface area contributed by atoms with Gasteiger partial charge in [0.25, 0.3) is 0 Å². The molecule has 0 saturated carbocycles. The van der Waals surface area contributed by atoms with Crippen molar-refractivity contribution >= 4 is 22.4 Å². The second-order valence-electron chi connectivity index (χ2n) is 4.70. The van der Waals surface area contributed by atoms with Crippen LogP contribution in [0.1, 0.15) is 10.4 Å². The predicted octanol–water partition coefficient (Wildman–Crippen LogP) is 3.20. The van der Waals surface area contributed by atoms with Gasteiger partial charge in [-0.3, -0.25) is 0 Å². The quantitative estimate of drug-likeness (QED) is 0.726. The van der Waals surface area contributed by atoms with E-state index in [9.17, 15) is 9.90 Å². The highest BCUT2D eigenvalue weighted by molar-refractivity contribution is 5.99. The lowest BCUT2D eigenvalue weighted by Crippen LogP contribution is -2.09. The minimum Gasteiger partial charge on any atom is -0.508 e. The second kappa shape index (κ2) is 5.73. The van der Waals surface area contributed by atoms with Crippen molar-refractivity contribution in [1.82, 2.24) is 4.98 Å². The van der Waals surface area contributed by atoms with E-state index in [0.717, 1.165) is 16.5 Å². The summed E-state index contributed by atoms with van der Waals surface area (Å²) in [5, 5.41) is 14.0. The van der Waals surface area contributed by atoms with Gasteiger partial charge in [0.1, 0.15) is 5.75 Å². The Morgan fingerprint density at radius 3 is 2.59 bits per heavy atom. The maximum atomic E-state index is 12.2. The van der Waals surface area contributed by atoms with Gasteiger partial charge >= 0.3 is 5.97 Å². The first-order chi connectivity index (χ1) is 10.7. The number of pyridine rings is 1. The van der Waals surface area contributed by atoms with Crippen molar-refractivity contribution in [3.63, 3.8) is 0 Å². The Hall–Kier alpha value is -3.08. The van der Waals surface area contributed by atoms with Crippen molar-refractivity contribution < 1.29 is 14.6 Å². The van der Waals surface area contributed by atoms with Crippen LogP contribution in [0.25, 0.3) is 10.8 Å². The van der Waals surface area contributed by atoms with Gasteiger partial charge in [0.2, 0.25) is 5.88 Å². The van der Waals surface area contributed by atoms with Gasteiger partial charge in [0, 0.05) is 29.7 Å². The summed E-state index contributed by atoms with van der Waals surface area (Å²) in [4.78, 5) is 16.3. The molecule has 110 valence electrons. The number of rotatable bonds is 3. The fourth-order valence-corrected chi connectivity index (χ4v) is 2.22. The molecule has 0 amide bonds. The normalized spacial score (nSPS) is 10.4. The fraction of sp³-hybridized carbons (Fsp3) is 0.0588. The van der Waals surface area contributed by atoms with Crippen molar-refractivity contribution in [2.45, 2.75) is 0 Å². The number of aromatic nitrogens is 1. The highest BCUT2D eigenvalue weighted by Crippen LogP contribution is 2.29. The molecule has 0 aliphatic rings. The van der Waals surface area contributed by atoms with Crippen molar-refractivity contribution in [2.75, 3.05) is 12.4 Å². The van der Waals surface area contributed by atoms with Gasteiger partial charge < -0.3 is 15.2 Å². The van der Waals surface area contributed by atoms with E-state index in [-0.39, 0.29) is 11.6 Å². The Labute approximate surface area is 127 Å². The number of phenols is 1. The minimum absolute atomic E-state index is 0.0958. The monoisotopic (exact) mass is 294 g/mol. The van der Waals surface area contributed by atoms with Crippen LogP contribution in [0.2, 0.25) is 0 Å². The Balaban J connectivity index is 1.97. The number of anilines is 1. The third-order valence-electron chi connectivity index (χ3n) is 3.33. The zero-order chi connectivity index (χ0) is 15.5. The average molecular weight is 294 g/mol. The largest absolute Gasteiger partial charge is 0.508 e. The number of esters is 1. The lowest BCUT2D eigenvalue weighted by molar-refractivity contribution is 0.0730. The summed E-state index contributed by atoms with van der Waals surface area (Å²) in [6.45, 7) is 0. The first-order valence-corrected chi connectivity index (χ1v) is 6.76. The molecule has 0 saturated heterocycles. The molecule has 1 aromatic heterocycles. The molecule has 0 radical (unpaired) electrons. The summed E-state index contributed by atoms with van der Waals surface area (Å²) in [5.74, 6) is -0.166. The maximum Gasteiger partial charge on any atom is 0.344 e. The number of benzene rings is 2. The Kier molecular flexibility index (Phi) is 3.62. The van der Waals surface area contributed by atoms with Crippen molar-refractivity contribution in [1.29, 1.82) is 0 Å². The number of phenolic OH excluding ortho intramolecular Hbond substituents is 1. The van der Waals surface area contributed by atoms with Gasteiger partial charge in [-0.1, -0.05) is 6.07 Å². The summed E-state index contributed by atoms with van der Waals surface area (Å²) >= 11 is 0. The number of hydrogen-bond donors (Lipinski definition) is 2.